The molecule has 0 fully saturated rings. The fraction of sp³-hybridized carbons (Fsp3) is 0.417. The molecule has 0 aliphatic rings. The molecule has 0 aromatic heterocycles. The van der Waals surface area contributed by atoms with Gasteiger partial charge < -0.3 is 10.2 Å². The van der Waals surface area contributed by atoms with Crippen LogP contribution < -0.4 is 5.32 Å². The molecule has 5 heteroatoms. The van der Waals surface area contributed by atoms with Gasteiger partial charge in [0.25, 0.3) is 0 Å². The van der Waals surface area contributed by atoms with Crippen LogP contribution in [-0.2, 0) is 0 Å². The Hall–Kier alpha value is -1.12. The van der Waals surface area contributed by atoms with Crippen molar-refractivity contribution >= 4 is 21.6 Å². The van der Waals surface area contributed by atoms with Crippen LogP contribution in [0.5, 0.6) is 0 Å². The number of anilines is 1. The van der Waals surface area contributed by atoms with Crippen molar-refractivity contribution in [2.45, 2.75) is 13.0 Å². The van der Waals surface area contributed by atoms with E-state index in [0.717, 1.165) is 0 Å². The Morgan fingerprint density at radius 1 is 1.53 bits per heavy atom. The van der Waals surface area contributed by atoms with Crippen molar-refractivity contribution in [3.63, 3.8) is 0 Å². The number of nitrogens with zero attached hydrogens (tertiary/aromatic N) is 2. The molecule has 0 aliphatic heterocycles. The molecule has 0 amide bonds. The number of benzene rings is 1. The van der Waals surface area contributed by atoms with Crippen LogP contribution in [0.1, 0.15) is 12.5 Å². The van der Waals surface area contributed by atoms with E-state index in [2.05, 4.69) is 21.2 Å². The van der Waals surface area contributed by atoms with Crippen LogP contribution in [0.3, 0.4) is 0 Å². The molecule has 17 heavy (non-hydrogen) atoms. The summed E-state index contributed by atoms with van der Waals surface area (Å²) in [5.41, 5.74) is 0.707. The highest BCUT2D eigenvalue weighted by molar-refractivity contribution is 9.10. The summed E-state index contributed by atoms with van der Waals surface area (Å²) in [7, 11) is 3.94. The number of nitrogens with one attached hydrogen (secondary N) is 1. The second kappa shape index (κ2) is 5.99. The van der Waals surface area contributed by atoms with Crippen molar-refractivity contribution in [1.29, 1.82) is 5.26 Å². The Labute approximate surface area is 109 Å². The lowest BCUT2D eigenvalue weighted by molar-refractivity contribution is 0.326. The van der Waals surface area contributed by atoms with Crippen molar-refractivity contribution in [2.75, 3.05) is 26.0 Å². The van der Waals surface area contributed by atoms with Gasteiger partial charge >= 0.3 is 0 Å². The van der Waals surface area contributed by atoms with Crippen molar-refractivity contribution in [3.05, 3.63) is 28.0 Å². The van der Waals surface area contributed by atoms with Crippen LogP contribution >= 0.6 is 15.9 Å². The van der Waals surface area contributed by atoms with E-state index in [4.69, 9.17) is 5.26 Å². The first-order chi connectivity index (χ1) is 7.97. The average molecular weight is 300 g/mol. The van der Waals surface area contributed by atoms with Crippen molar-refractivity contribution in [1.82, 2.24) is 4.90 Å². The van der Waals surface area contributed by atoms with Gasteiger partial charge in [0.05, 0.1) is 15.7 Å². The Balaban J connectivity index is 2.81. The third-order valence-electron chi connectivity index (χ3n) is 2.67. The highest BCUT2D eigenvalue weighted by Gasteiger charge is 2.12. The third-order valence-corrected chi connectivity index (χ3v) is 3.45. The van der Waals surface area contributed by atoms with E-state index in [0.29, 0.717) is 23.8 Å². The standard InChI is InChI=1S/C12H15BrFN3/c1-8(17(2)3)7-16-10-5-4-9(6-15)11(13)12(10)14/h4-5,8,16H,7H2,1-3H3. The van der Waals surface area contributed by atoms with E-state index < -0.39 is 5.82 Å². The minimum absolute atomic E-state index is 0.211. The molecule has 0 bridgehead atoms. The maximum absolute atomic E-state index is 13.8. The molecule has 1 rings (SSSR count). The van der Waals surface area contributed by atoms with Gasteiger partial charge in [0.2, 0.25) is 0 Å². The van der Waals surface area contributed by atoms with Gasteiger partial charge in [-0.3, -0.25) is 0 Å². The van der Waals surface area contributed by atoms with E-state index >= 15 is 0 Å². The molecule has 1 atom stereocenters. The van der Waals surface area contributed by atoms with Gasteiger partial charge in [0.15, 0.2) is 5.82 Å². The smallest absolute Gasteiger partial charge is 0.161 e. The molecule has 1 unspecified atom stereocenters. The van der Waals surface area contributed by atoms with Gasteiger partial charge in [-0.1, -0.05) is 0 Å². The average Bonchev–Trinajstić information content (AvgIpc) is 2.30. The molecule has 1 aromatic rings. The number of hydrogen-bond donors (Lipinski definition) is 1. The van der Waals surface area contributed by atoms with Gasteiger partial charge in [0, 0.05) is 12.6 Å². The van der Waals surface area contributed by atoms with E-state index in [9.17, 15) is 4.39 Å². The monoisotopic (exact) mass is 299 g/mol. The molecule has 0 radical (unpaired) electrons. The Bertz CT molecular complexity index is 440. The summed E-state index contributed by atoms with van der Waals surface area (Å²) in [5.74, 6) is -0.421. The number of halogens is 2. The molecular weight excluding hydrogens is 285 g/mol. The molecule has 0 saturated heterocycles. The summed E-state index contributed by atoms with van der Waals surface area (Å²) < 4.78 is 14.0. The van der Waals surface area contributed by atoms with Crippen LogP contribution in [0.4, 0.5) is 10.1 Å². The summed E-state index contributed by atoms with van der Waals surface area (Å²) in [6, 6.07) is 5.40. The highest BCUT2D eigenvalue weighted by Crippen LogP contribution is 2.26. The van der Waals surface area contributed by atoms with Gasteiger partial charge in [-0.05, 0) is 49.1 Å². The zero-order valence-electron chi connectivity index (χ0n) is 10.1. The SMILES string of the molecule is CC(CNc1ccc(C#N)c(Br)c1F)N(C)C. The topological polar surface area (TPSA) is 39.1 Å². The largest absolute Gasteiger partial charge is 0.381 e. The molecule has 0 spiro atoms. The maximum atomic E-state index is 13.8. The van der Waals surface area contributed by atoms with Crippen molar-refractivity contribution < 1.29 is 4.39 Å². The van der Waals surface area contributed by atoms with Crippen LogP contribution in [0.25, 0.3) is 0 Å². The lowest BCUT2D eigenvalue weighted by Gasteiger charge is -2.21. The Morgan fingerprint density at radius 2 is 2.18 bits per heavy atom. The first kappa shape index (κ1) is 13.9. The number of nitriles is 1. The summed E-state index contributed by atoms with van der Waals surface area (Å²) in [6.45, 7) is 2.69. The number of likely N-dealkylation sites (N-methyl/N-ethyl adjacent to an activating group) is 1. The second-order valence-corrected chi connectivity index (χ2v) is 4.89. The van der Waals surface area contributed by atoms with E-state index in [1.54, 1.807) is 12.1 Å². The zero-order valence-corrected chi connectivity index (χ0v) is 11.7. The predicted molar refractivity (Wildman–Crippen MR) is 70.5 cm³/mol. The summed E-state index contributed by atoms with van der Waals surface area (Å²) in [4.78, 5) is 2.05. The third kappa shape index (κ3) is 3.42. The molecule has 92 valence electrons. The summed E-state index contributed by atoms with van der Waals surface area (Å²) >= 11 is 3.08. The summed E-state index contributed by atoms with van der Waals surface area (Å²) in [5, 5.41) is 11.8. The first-order valence-corrected chi connectivity index (χ1v) is 6.05. The van der Waals surface area contributed by atoms with Crippen LogP contribution in [0.15, 0.2) is 16.6 Å². The van der Waals surface area contributed by atoms with Gasteiger partial charge in [-0.25, -0.2) is 4.39 Å². The van der Waals surface area contributed by atoms with E-state index in [1.165, 1.54) is 0 Å². The molecule has 1 aromatic carbocycles. The van der Waals surface area contributed by atoms with Crippen LogP contribution in [0.2, 0.25) is 0 Å². The molecular formula is C12H15BrFN3. The van der Waals surface area contributed by atoms with Crippen molar-refractivity contribution in [2.24, 2.45) is 0 Å². The van der Waals surface area contributed by atoms with Gasteiger partial charge in [0.1, 0.15) is 6.07 Å². The Morgan fingerprint density at radius 3 is 2.71 bits per heavy atom. The highest BCUT2D eigenvalue weighted by atomic mass is 79.9. The lowest BCUT2D eigenvalue weighted by atomic mass is 10.2. The minimum Gasteiger partial charge on any atom is -0.381 e. The van der Waals surface area contributed by atoms with Gasteiger partial charge in [-0.15, -0.1) is 0 Å². The normalized spacial score (nSPS) is 12.3. The predicted octanol–water partition coefficient (Wildman–Crippen LogP) is 2.82. The zero-order chi connectivity index (χ0) is 13.0. The van der Waals surface area contributed by atoms with Gasteiger partial charge in [-0.2, -0.15) is 5.26 Å². The second-order valence-electron chi connectivity index (χ2n) is 4.09. The van der Waals surface area contributed by atoms with E-state index in [-0.39, 0.29) is 4.47 Å². The molecule has 3 nitrogen and oxygen atoms in total. The fourth-order valence-corrected chi connectivity index (χ4v) is 1.65. The van der Waals surface area contributed by atoms with Crippen LogP contribution in [-0.4, -0.2) is 31.6 Å². The lowest BCUT2D eigenvalue weighted by Crippen LogP contribution is -2.31. The fourth-order valence-electron chi connectivity index (χ4n) is 1.21. The molecule has 0 aliphatic carbocycles. The van der Waals surface area contributed by atoms with Crippen LogP contribution in [0, 0.1) is 17.1 Å². The maximum Gasteiger partial charge on any atom is 0.161 e. The Kier molecular flexibility index (Phi) is 4.91. The van der Waals surface area contributed by atoms with E-state index in [1.807, 2.05) is 32.0 Å². The summed E-state index contributed by atoms with van der Waals surface area (Å²) in [6.07, 6.45) is 0. The molecule has 1 N–H and O–H groups in total. The minimum atomic E-state index is -0.421. The number of hydrogen-bond acceptors (Lipinski definition) is 3. The number of rotatable bonds is 4. The molecule has 0 heterocycles. The van der Waals surface area contributed by atoms with Crippen molar-refractivity contribution in [3.8, 4) is 6.07 Å². The first-order valence-electron chi connectivity index (χ1n) is 5.25. The molecule has 0 saturated carbocycles. The quantitative estimate of drug-likeness (QED) is 0.929.